The van der Waals surface area contributed by atoms with Crippen molar-refractivity contribution in [1.29, 1.82) is 0 Å². The van der Waals surface area contributed by atoms with Gasteiger partial charge in [0.25, 0.3) is 0 Å². The topological polar surface area (TPSA) is 42.0 Å². The molecule has 1 atom stereocenters. The third kappa shape index (κ3) is 3.40. The Morgan fingerprint density at radius 3 is 2.42 bits per heavy atom. The lowest BCUT2D eigenvalue weighted by Gasteiger charge is -2.20. The number of hydrogen-bond acceptors (Lipinski definition) is 3. The number of hydrogen-bond donors (Lipinski definition) is 1. The Balaban J connectivity index is 2.77. The van der Waals surface area contributed by atoms with Crippen LogP contribution in [0.25, 0.3) is 0 Å². The summed E-state index contributed by atoms with van der Waals surface area (Å²) in [6.45, 7) is 3.14. The second-order valence-corrected chi connectivity index (χ2v) is 4.93. The second-order valence-electron chi connectivity index (χ2n) is 3.79. The molecule has 1 rings (SSSR count). The van der Waals surface area contributed by atoms with E-state index in [1.54, 1.807) is 5.32 Å². The number of halogens is 5. The molecule has 3 nitrogen and oxygen atoms in total. The molecule has 1 aromatic rings. The van der Waals surface area contributed by atoms with Crippen molar-refractivity contribution in [3.05, 3.63) is 16.1 Å². The van der Waals surface area contributed by atoms with E-state index in [1.165, 1.54) is 13.1 Å². The monoisotopic (exact) mass is 302 g/mol. The molecule has 1 N–H and O–H groups in total. The third-order valence-corrected chi connectivity index (χ3v) is 3.60. The third-order valence-electron chi connectivity index (χ3n) is 2.28. The Bertz CT molecular complexity index is 457. The maximum absolute atomic E-state index is 12.7. The molecule has 0 fully saturated rings. The number of aryl methyl sites for hydroxylation is 1. The van der Waals surface area contributed by atoms with Crippen molar-refractivity contribution in [2.45, 2.75) is 38.4 Å². The van der Waals surface area contributed by atoms with Crippen molar-refractivity contribution < 1.29 is 26.7 Å². The molecular formula is C10H11F5N2OS. The minimum atomic E-state index is -5.91. The molecule has 0 bridgehead atoms. The van der Waals surface area contributed by atoms with Crippen LogP contribution in [0.2, 0.25) is 0 Å². The number of nitrogens with zero attached hydrogens (tertiary/aromatic N) is 1. The Morgan fingerprint density at radius 1 is 1.42 bits per heavy atom. The van der Waals surface area contributed by atoms with Gasteiger partial charge in [0, 0.05) is 11.1 Å². The molecule has 1 unspecified atom stereocenters. The molecular weight excluding hydrogens is 291 g/mol. The molecule has 0 aliphatic carbocycles. The molecule has 0 radical (unpaired) electrons. The second kappa shape index (κ2) is 5.40. The molecule has 1 amide bonds. The average molecular weight is 302 g/mol. The summed E-state index contributed by atoms with van der Waals surface area (Å²) in [5.41, 5.74) is 0. The van der Waals surface area contributed by atoms with E-state index in [2.05, 4.69) is 4.98 Å². The van der Waals surface area contributed by atoms with Gasteiger partial charge in [0.2, 0.25) is 0 Å². The summed E-state index contributed by atoms with van der Waals surface area (Å²) in [6, 6.07) is -1.01. The standard InChI is InChI=1S/C10H11F5N2OS/c1-3-6-4-16-7(19-6)5(2)17-8(18)9(11,12)10(13,14)15/h4-5H,3H2,1-2H3,(H,17,18). The smallest absolute Gasteiger partial charge is 0.342 e. The molecule has 108 valence electrons. The highest BCUT2D eigenvalue weighted by atomic mass is 32.1. The number of aromatic nitrogens is 1. The van der Waals surface area contributed by atoms with Crippen LogP contribution < -0.4 is 5.32 Å². The first-order chi connectivity index (χ1) is 8.59. The summed E-state index contributed by atoms with van der Waals surface area (Å²) >= 11 is 1.15. The number of amides is 1. The van der Waals surface area contributed by atoms with Gasteiger partial charge in [0.1, 0.15) is 5.01 Å². The highest BCUT2D eigenvalue weighted by molar-refractivity contribution is 7.11. The van der Waals surface area contributed by atoms with Crippen molar-refractivity contribution >= 4 is 17.2 Å². The van der Waals surface area contributed by atoms with Crippen LogP contribution in [0.4, 0.5) is 22.0 Å². The summed E-state index contributed by atoms with van der Waals surface area (Å²) in [5, 5.41) is 1.90. The highest BCUT2D eigenvalue weighted by Gasteiger charge is 2.63. The lowest BCUT2D eigenvalue weighted by atomic mass is 10.2. The van der Waals surface area contributed by atoms with Crippen molar-refractivity contribution in [3.8, 4) is 0 Å². The van der Waals surface area contributed by atoms with E-state index in [4.69, 9.17) is 0 Å². The predicted molar refractivity (Wildman–Crippen MR) is 59.1 cm³/mol. The highest BCUT2D eigenvalue weighted by Crippen LogP contribution is 2.36. The van der Waals surface area contributed by atoms with Crippen LogP contribution in [0, 0.1) is 0 Å². The first-order valence-electron chi connectivity index (χ1n) is 5.29. The average Bonchev–Trinajstić information content (AvgIpc) is 2.75. The van der Waals surface area contributed by atoms with Crippen molar-refractivity contribution in [1.82, 2.24) is 10.3 Å². The van der Waals surface area contributed by atoms with Gasteiger partial charge in [-0.2, -0.15) is 22.0 Å². The first kappa shape index (κ1) is 15.8. The molecule has 1 aromatic heterocycles. The van der Waals surface area contributed by atoms with E-state index in [0.29, 0.717) is 6.42 Å². The van der Waals surface area contributed by atoms with Crippen molar-refractivity contribution in [2.24, 2.45) is 0 Å². The quantitative estimate of drug-likeness (QED) is 0.869. The number of rotatable bonds is 4. The number of alkyl halides is 5. The van der Waals surface area contributed by atoms with Gasteiger partial charge >= 0.3 is 18.0 Å². The predicted octanol–water partition coefficient (Wildman–Crippen LogP) is 3.08. The Kier molecular flexibility index (Phi) is 4.49. The molecule has 0 saturated heterocycles. The van der Waals surface area contributed by atoms with Gasteiger partial charge in [-0.3, -0.25) is 4.79 Å². The van der Waals surface area contributed by atoms with Crippen LogP contribution in [0.5, 0.6) is 0 Å². The van der Waals surface area contributed by atoms with Gasteiger partial charge in [-0.05, 0) is 13.3 Å². The van der Waals surface area contributed by atoms with Gasteiger partial charge in [-0.15, -0.1) is 11.3 Å². The minimum absolute atomic E-state index is 0.281. The zero-order chi connectivity index (χ0) is 14.8. The fraction of sp³-hybridized carbons (Fsp3) is 0.600. The van der Waals surface area contributed by atoms with Crippen molar-refractivity contribution in [3.63, 3.8) is 0 Å². The lowest BCUT2D eigenvalue weighted by Crippen LogP contribution is -2.50. The minimum Gasteiger partial charge on any atom is -0.342 e. The molecule has 0 aliphatic rings. The van der Waals surface area contributed by atoms with Crippen molar-refractivity contribution in [2.75, 3.05) is 0 Å². The molecule has 0 spiro atoms. The fourth-order valence-corrected chi connectivity index (χ4v) is 2.02. The van der Waals surface area contributed by atoms with Gasteiger partial charge in [-0.25, -0.2) is 4.98 Å². The molecule has 9 heteroatoms. The zero-order valence-corrected chi connectivity index (χ0v) is 10.8. The SMILES string of the molecule is CCc1cnc(C(C)NC(=O)C(F)(F)C(F)(F)F)s1. The van der Waals surface area contributed by atoms with Gasteiger partial charge < -0.3 is 5.32 Å². The van der Waals surface area contributed by atoms with Crippen LogP contribution in [-0.2, 0) is 11.2 Å². The summed E-state index contributed by atoms with van der Waals surface area (Å²) in [5.74, 6) is -7.78. The Morgan fingerprint density at radius 2 is 2.00 bits per heavy atom. The summed E-state index contributed by atoms with van der Waals surface area (Å²) in [7, 11) is 0. The number of thiazole rings is 1. The number of nitrogens with one attached hydrogen (secondary N) is 1. The molecule has 1 heterocycles. The Hall–Kier alpha value is -1.25. The van der Waals surface area contributed by atoms with Crippen LogP contribution in [-0.4, -0.2) is 23.0 Å². The summed E-state index contributed by atoms with van der Waals surface area (Å²) in [4.78, 5) is 15.7. The molecule has 0 aromatic carbocycles. The number of carbonyl (C=O) groups excluding carboxylic acids is 1. The van der Waals surface area contributed by atoms with E-state index >= 15 is 0 Å². The fourth-order valence-electron chi connectivity index (χ4n) is 1.16. The maximum atomic E-state index is 12.7. The normalized spacial score (nSPS) is 14.3. The van der Waals surface area contributed by atoms with Crippen LogP contribution >= 0.6 is 11.3 Å². The largest absolute Gasteiger partial charge is 0.463 e. The van der Waals surface area contributed by atoms with E-state index in [9.17, 15) is 26.7 Å². The molecule has 0 aliphatic heterocycles. The Labute approximate surface area is 109 Å². The van der Waals surface area contributed by atoms with E-state index in [-0.39, 0.29) is 5.01 Å². The van der Waals surface area contributed by atoms with E-state index in [0.717, 1.165) is 16.2 Å². The van der Waals surface area contributed by atoms with Gasteiger partial charge in [0.15, 0.2) is 0 Å². The number of carbonyl (C=O) groups is 1. The van der Waals surface area contributed by atoms with Crippen LogP contribution in [0.3, 0.4) is 0 Å². The lowest BCUT2D eigenvalue weighted by molar-refractivity contribution is -0.270. The van der Waals surface area contributed by atoms with Crippen LogP contribution in [0.15, 0.2) is 6.20 Å². The maximum Gasteiger partial charge on any atom is 0.463 e. The molecule has 19 heavy (non-hydrogen) atoms. The molecule has 0 saturated carbocycles. The van der Waals surface area contributed by atoms with Gasteiger partial charge in [0.05, 0.1) is 6.04 Å². The zero-order valence-electron chi connectivity index (χ0n) is 10.0. The van der Waals surface area contributed by atoms with E-state index in [1.807, 2.05) is 6.92 Å². The van der Waals surface area contributed by atoms with Crippen LogP contribution in [0.1, 0.15) is 29.8 Å². The first-order valence-corrected chi connectivity index (χ1v) is 6.11. The summed E-state index contributed by atoms with van der Waals surface area (Å²) in [6.07, 6.45) is -3.75. The van der Waals surface area contributed by atoms with Gasteiger partial charge in [-0.1, -0.05) is 6.92 Å². The summed E-state index contributed by atoms with van der Waals surface area (Å²) < 4.78 is 61.3. The van der Waals surface area contributed by atoms with E-state index < -0.39 is 24.0 Å².